The summed E-state index contributed by atoms with van der Waals surface area (Å²) in [6, 6.07) is 6.17. The third kappa shape index (κ3) is 6.73. The highest BCUT2D eigenvalue weighted by atomic mass is 16.3. The number of carbonyl (C=O) groups is 2. The first-order valence-corrected chi connectivity index (χ1v) is 9.30. The predicted octanol–water partition coefficient (Wildman–Crippen LogP) is 2.02. The van der Waals surface area contributed by atoms with Gasteiger partial charge < -0.3 is 31.4 Å². The second-order valence-corrected chi connectivity index (χ2v) is 6.63. The number of H-pyrrole nitrogens is 1. The van der Waals surface area contributed by atoms with Crippen LogP contribution in [0.5, 0.6) is 5.75 Å². The molecule has 8 nitrogen and oxygen atoms in total. The molecule has 6 N–H and O–H groups in total. The topological polar surface area (TPSA) is 123 Å². The number of nitrogens with one attached hydrogen (secondary N) is 3. The number of amides is 3. The number of piperidine rings is 1. The summed E-state index contributed by atoms with van der Waals surface area (Å²) in [4.78, 5) is 29.1. The molecular formula is C19H29N5O3. The van der Waals surface area contributed by atoms with Gasteiger partial charge in [-0.15, -0.1) is 0 Å². The van der Waals surface area contributed by atoms with E-state index in [9.17, 15) is 14.7 Å². The summed E-state index contributed by atoms with van der Waals surface area (Å²) in [7, 11) is 0. The van der Waals surface area contributed by atoms with Crippen molar-refractivity contribution in [1.82, 2.24) is 20.5 Å². The van der Waals surface area contributed by atoms with Crippen LogP contribution in [-0.4, -0.2) is 46.1 Å². The number of hydrogen-bond donors (Lipinski definition) is 5. The van der Waals surface area contributed by atoms with Crippen LogP contribution in [0.1, 0.15) is 38.3 Å². The van der Waals surface area contributed by atoms with Gasteiger partial charge in [0.05, 0.1) is 12.2 Å². The molecule has 0 bridgehead atoms. The first kappa shape index (κ1) is 20.4. The summed E-state index contributed by atoms with van der Waals surface area (Å²) >= 11 is 0. The number of aromatic hydroxyl groups is 1. The zero-order valence-electron chi connectivity index (χ0n) is 15.7. The van der Waals surface area contributed by atoms with Crippen LogP contribution in [-0.2, 0) is 11.3 Å². The quantitative estimate of drug-likeness (QED) is 0.540. The van der Waals surface area contributed by atoms with E-state index in [1.54, 1.807) is 24.4 Å². The molecule has 3 amide bonds. The minimum absolute atomic E-state index is 0.0291. The van der Waals surface area contributed by atoms with Crippen molar-refractivity contribution in [2.75, 3.05) is 18.8 Å². The molecule has 1 aromatic rings. The maximum Gasteiger partial charge on any atom is 0.315 e. The summed E-state index contributed by atoms with van der Waals surface area (Å²) in [5.74, 6) is 0.123. The van der Waals surface area contributed by atoms with E-state index in [1.807, 2.05) is 11.8 Å². The standard InChI is InChI=1S/C19H29N5O3/c1-2-5-18(26)24-11-4-7-15(13-24)23-19(27)22-12-14-6-3-8-16(20)17(25)9-10-21-14/h3,6,8-10,15,21,25H,2,4-5,7,11-13,20H2,1H3,(H2,22,23,27)/t15-/m1/s1. The molecule has 1 aliphatic rings. The van der Waals surface area contributed by atoms with E-state index in [0.717, 1.165) is 31.5 Å². The SMILES string of the molecule is CCCC(=O)N1CCC[C@@H](NC(=O)NCc2cccc(N)c(O)cc[nH]2)C1. The highest BCUT2D eigenvalue weighted by molar-refractivity contribution is 5.77. The first-order valence-electron chi connectivity index (χ1n) is 9.30. The van der Waals surface area contributed by atoms with E-state index in [-0.39, 0.29) is 36.0 Å². The first-order chi connectivity index (χ1) is 13.0. The molecule has 0 saturated carbocycles. The van der Waals surface area contributed by atoms with Gasteiger partial charge in [-0.2, -0.15) is 0 Å². The number of aromatic amines is 1. The van der Waals surface area contributed by atoms with Crippen LogP contribution < -0.4 is 16.4 Å². The zero-order chi connectivity index (χ0) is 19.6. The minimum atomic E-state index is -0.277. The van der Waals surface area contributed by atoms with Crippen molar-refractivity contribution < 1.29 is 14.7 Å². The molecule has 0 unspecified atom stereocenters. The molecule has 1 aliphatic heterocycles. The van der Waals surface area contributed by atoms with Crippen molar-refractivity contribution in [3.05, 3.63) is 36.2 Å². The monoisotopic (exact) mass is 375 g/mol. The Morgan fingerprint density at radius 1 is 1.37 bits per heavy atom. The molecule has 1 atom stereocenters. The number of likely N-dealkylation sites (tertiary alicyclic amines) is 1. The van der Waals surface area contributed by atoms with Gasteiger partial charge in [0.1, 0.15) is 5.75 Å². The summed E-state index contributed by atoms with van der Waals surface area (Å²) in [5.41, 5.74) is 6.67. The summed E-state index contributed by atoms with van der Waals surface area (Å²) in [5, 5.41) is 15.4. The maximum absolute atomic E-state index is 12.2. The fourth-order valence-corrected chi connectivity index (χ4v) is 2.94. The Bertz CT molecular complexity index is 672. The summed E-state index contributed by atoms with van der Waals surface area (Å²) < 4.78 is 0. The van der Waals surface area contributed by atoms with Gasteiger partial charge in [0.15, 0.2) is 0 Å². The van der Waals surface area contributed by atoms with Crippen molar-refractivity contribution in [1.29, 1.82) is 0 Å². The molecule has 2 rings (SSSR count). The average molecular weight is 375 g/mol. The fraction of sp³-hybridized carbons (Fsp3) is 0.474. The van der Waals surface area contributed by atoms with Crippen LogP contribution in [0.15, 0.2) is 30.5 Å². The van der Waals surface area contributed by atoms with Crippen molar-refractivity contribution in [3.63, 3.8) is 0 Å². The van der Waals surface area contributed by atoms with E-state index >= 15 is 0 Å². The Kier molecular flexibility index (Phi) is 7.79. The maximum atomic E-state index is 12.2. The third-order valence-corrected chi connectivity index (χ3v) is 4.39. The Balaban J connectivity index is 1.87. The average Bonchev–Trinajstić information content (AvgIpc) is 2.72. The summed E-state index contributed by atoms with van der Waals surface area (Å²) in [6.07, 6.45) is 4.69. The van der Waals surface area contributed by atoms with Gasteiger partial charge in [0.2, 0.25) is 5.91 Å². The van der Waals surface area contributed by atoms with Crippen LogP contribution in [0.4, 0.5) is 10.5 Å². The third-order valence-electron chi connectivity index (χ3n) is 4.39. The van der Waals surface area contributed by atoms with Crippen LogP contribution in [0, 0.1) is 0 Å². The Hall–Kier alpha value is -2.90. The molecule has 2 heterocycles. The van der Waals surface area contributed by atoms with Crippen molar-refractivity contribution in [2.45, 2.75) is 45.2 Å². The molecule has 0 aromatic carbocycles. The van der Waals surface area contributed by atoms with E-state index in [1.165, 1.54) is 6.07 Å². The van der Waals surface area contributed by atoms with Crippen LogP contribution in [0.25, 0.3) is 0 Å². The van der Waals surface area contributed by atoms with Crippen LogP contribution >= 0.6 is 0 Å². The number of nitrogens with zero attached hydrogens (tertiary/aromatic N) is 1. The van der Waals surface area contributed by atoms with E-state index < -0.39 is 0 Å². The van der Waals surface area contributed by atoms with Gasteiger partial charge in [-0.05, 0) is 37.5 Å². The molecule has 148 valence electrons. The van der Waals surface area contributed by atoms with E-state index in [2.05, 4.69) is 15.6 Å². The van der Waals surface area contributed by atoms with Gasteiger partial charge in [-0.25, -0.2) is 4.79 Å². The Labute approximate surface area is 159 Å². The highest BCUT2D eigenvalue weighted by Crippen LogP contribution is 2.14. The van der Waals surface area contributed by atoms with Crippen LogP contribution in [0.2, 0.25) is 0 Å². The van der Waals surface area contributed by atoms with Crippen molar-refractivity contribution >= 4 is 17.6 Å². The molecular weight excluding hydrogens is 346 g/mol. The molecule has 1 aromatic heterocycles. The smallest absolute Gasteiger partial charge is 0.315 e. The predicted molar refractivity (Wildman–Crippen MR) is 104 cm³/mol. The van der Waals surface area contributed by atoms with Crippen molar-refractivity contribution in [3.8, 4) is 5.75 Å². The Morgan fingerprint density at radius 2 is 2.19 bits per heavy atom. The molecule has 0 radical (unpaired) electrons. The van der Waals surface area contributed by atoms with Gasteiger partial charge in [-0.3, -0.25) is 4.79 Å². The lowest BCUT2D eigenvalue weighted by Crippen LogP contribution is -2.51. The number of hydrogen-bond acceptors (Lipinski definition) is 4. The molecule has 0 aliphatic carbocycles. The summed E-state index contributed by atoms with van der Waals surface area (Å²) in [6.45, 7) is 3.59. The molecule has 27 heavy (non-hydrogen) atoms. The van der Waals surface area contributed by atoms with Gasteiger partial charge in [-0.1, -0.05) is 13.0 Å². The van der Waals surface area contributed by atoms with E-state index in [4.69, 9.17) is 5.73 Å². The number of nitrogens with two attached hydrogens (primary N) is 1. The lowest BCUT2D eigenvalue weighted by molar-refractivity contribution is -0.132. The number of carbonyl (C=O) groups excluding carboxylic acids is 2. The molecule has 0 spiro atoms. The second-order valence-electron chi connectivity index (χ2n) is 6.63. The zero-order valence-corrected chi connectivity index (χ0v) is 15.7. The number of rotatable bonds is 5. The second kappa shape index (κ2) is 10.3. The van der Waals surface area contributed by atoms with Crippen molar-refractivity contribution in [2.24, 2.45) is 0 Å². The number of aromatic nitrogens is 1. The van der Waals surface area contributed by atoms with Gasteiger partial charge in [0, 0.05) is 37.4 Å². The largest absolute Gasteiger partial charge is 0.506 e. The number of anilines is 1. The Morgan fingerprint density at radius 3 is 2.96 bits per heavy atom. The molecule has 8 heteroatoms. The minimum Gasteiger partial charge on any atom is -0.506 e. The lowest BCUT2D eigenvalue weighted by Gasteiger charge is -2.33. The number of urea groups is 1. The van der Waals surface area contributed by atoms with E-state index in [0.29, 0.717) is 13.0 Å². The molecule has 1 fully saturated rings. The number of nitrogen functional groups attached to an aromatic ring is 1. The van der Waals surface area contributed by atoms with Gasteiger partial charge in [0.25, 0.3) is 0 Å². The molecule has 1 saturated heterocycles. The van der Waals surface area contributed by atoms with Crippen LogP contribution in [0.3, 0.4) is 0 Å². The highest BCUT2D eigenvalue weighted by Gasteiger charge is 2.24. The fourth-order valence-electron chi connectivity index (χ4n) is 2.94. The van der Waals surface area contributed by atoms with Gasteiger partial charge >= 0.3 is 6.03 Å². The lowest BCUT2D eigenvalue weighted by atomic mass is 10.1. The normalized spacial score (nSPS) is 16.3.